The van der Waals surface area contributed by atoms with Gasteiger partial charge in [0.1, 0.15) is 17.4 Å². The second-order valence-electron chi connectivity index (χ2n) is 9.66. The molecular formula is C26H27FN6O4. The topological polar surface area (TPSA) is 119 Å². The number of fused-ring (bicyclic) bond motifs is 1. The summed E-state index contributed by atoms with van der Waals surface area (Å²) in [5.74, 6) is -1.99. The van der Waals surface area contributed by atoms with Crippen molar-refractivity contribution in [3.63, 3.8) is 0 Å². The number of imide groups is 1. The number of H-pyrrole nitrogens is 1. The molecule has 0 bridgehead atoms. The highest BCUT2D eigenvalue weighted by molar-refractivity contribution is 6.17. The van der Waals surface area contributed by atoms with Crippen LogP contribution in [0.1, 0.15) is 35.7 Å². The molecule has 1 spiro atoms. The summed E-state index contributed by atoms with van der Waals surface area (Å²) in [4.78, 5) is 56.4. The molecule has 192 valence electrons. The summed E-state index contributed by atoms with van der Waals surface area (Å²) in [7, 11) is 1.46. The van der Waals surface area contributed by atoms with Gasteiger partial charge in [-0.25, -0.2) is 9.18 Å². The first-order valence-corrected chi connectivity index (χ1v) is 12.0. The SMILES string of the molecule is Cc1ccc(F)c(C(=O)N[C@H](C)C(=O)N2CCC3(CC2)C(=O)N(C)C(=O)N3c2ccc3[nH]ncc3c2)c1. The van der Waals surface area contributed by atoms with Crippen LogP contribution in [0.15, 0.2) is 42.6 Å². The Hall–Kier alpha value is -4.28. The first-order chi connectivity index (χ1) is 17.6. The van der Waals surface area contributed by atoms with Crippen LogP contribution < -0.4 is 10.2 Å². The molecule has 2 aliphatic heterocycles. The molecule has 0 aliphatic carbocycles. The van der Waals surface area contributed by atoms with Crippen LogP contribution in [0, 0.1) is 12.7 Å². The molecule has 2 aliphatic rings. The van der Waals surface area contributed by atoms with Gasteiger partial charge in [-0.15, -0.1) is 0 Å². The van der Waals surface area contributed by atoms with Crippen LogP contribution in [-0.2, 0) is 9.59 Å². The van der Waals surface area contributed by atoms with E-state index >= 15 is 0 Å². The number of piperidine rings is 1. The molecule has 0 saturated carbocycles. The average molecular weight is 507 g/mol. The average Bonchev–Trinajstić information content (AvgIpc) is 3.43. The predicted octanol–water partition coefficient (Wildman–Crippen LogP) is 2.59. The van der Waals surface area contributed by atoms with Crippen LogP contribution in [0.5, 0.6) is 0 Å². The van der Waals surface area contributed by atoms with Crippen LogP contribution >= 0.6 is 0 Å². The second-order valence-corrected chi connectivity index (χ2v) is 9.66. The lowest BCUT2D eigenvalue weighted by Gasteiger charge is -2.42. The molecule has 2 fully saturated rings. The fourth-order valence-corrected chi connectivity index (χ4v) is 5.21. The highest BCUT2D eigenvalue weighted by atomic mass is 19.1. The standard InChI is InChI=1S/C26H27FN6O4/c1-15-4-6-20(27)19(12-15)22(34)29-16(2)23(35)32-10-8-26(9-11-32)24(36)31(3)25(37)33(26)18-5-7-21-17(13-18)14-28-30-21/h4-7,12-14,16H,8-11H2,1-3H3,(H,28,30)(H,29,34)/t16-/m1/s1. The van der Waals surface area contributed by atoms with E-state index in [1.165, 1.54) is 24.1 Å². The molecule has 10 nitrogen and oxygen atoms in total. The van der Waals surface area contributed by atoms with E-state index in [2.05, 4.69) is 15.5 Å². The number of carbonyl (C=O) groups excluding carboxylic acids is 4. The van der Waals surface area contributed by atoms with Crippen molar-refractivity contribution in [1.82, 2.24) is 25.3 Å². The van der Waals surface area contributed by atoms with E-state index in [0.717, 1.165) is 21.4 Å². The second kappa shape index (κ2) is 8.99. The van der Waals surface area contributed by atoms with Gasteiger partial charge in [-0.3, -0.25) is 29.3 Å². The van der Waals surface area contributed by atoms with Crippen molar-refractivity contribution in [1.29, 1.82) is 0 Å². The third kappa shape index (κ3) is 4.00. The summed E-state index contributed by atoms with van der Waals surface area (Å²) >= 11 is 0. The van der Waals surface area contributed by atoms with Crippen LogP contribution in [0.2, 0.25) is 0 Å². The quantitative estimate of drug-likeness (QED) is 0.528. The van der Waals surface area contributed by atoms with Crippen molar-refractivity contribution in [2.75, 3.05) is 25.0 Å². The number of halogens is 1. The molecule has 0 radical (unpaired) electrons. The van der Waals surface area contributed by atoms with Crippen molar-refractivity contribution in [3.05, 3.63) is 59.5 Å². The van der Waals surface area contributed by atoms with Gasteiger partial charge in [0.15, 0.2) is 0 Å². The predicted molar refractivity (Wildman–Crippen MR) is 133 cm³/mol. The molecule has 11 heteroatoms. The van der Waals surface area contributed by atoms with E-state index in [1.807, 2.05) is 12.1 Å². The molecule has 2 aromatic carbocycles. The lowest BCUT2D eigenvalue weighted by atomic mass is 9.85. The highest BCUT2D eigenvalue weighted by Gasteiger charge is 2.58. The highest BCUT2D eigenvalue weighted by Crippen LogP contribution is 2.40. The number of hydrogen-bond acceptors (Lipinski definition) is 5. The van der Waals surface area contributed by atoms with Gasteiger partial charge in [-0.05, 0) is 57.0 Å². The fourth-order valence-electron chi connectivity index (χ4n) is 5.21. The molecule has 37 heavy (non-hydrogen) atoms. The van der Waals surface area contributed by atoms with Crippen molar-refractivity contribution in [2.45, 2.75) is 38.3 Å². The number of nitrogens with zero attached hydrogens (tertiary/aromatic N) is 4. The molecular weight excluding hydrogens is 479 g/mol. The number of likely N-dealkylation sites (N-methyl/N-ethyl adjacent to an activating group) is 1. The van der Waals surface area contributed by atoms with Crippen molar-refractivity contribution in [3.8, 4) is 0 Å². The summed E-state index contributed by atoms with van der Waals surface area (Å²) in [6.45, 7) is 3.73. The molecule has 2 saturated heterocycles. The number of benzene rings is 2. The number of amides is 5. The number of likely N-dealkylation sites (tertiary alicyclic amines) is 1. The van der Waals surface area contributed by atoms with Gasteiger partial charge in [0.05, 0.1) is 17.3 Å². The maximum atomic E-state index is 14.1. The number of urea groups is 1. The minimum absolute atomic E-state index is 0.124. The maximum Gasteiger partial charge on any atom is 0.331 e. The minimum Gasteiger partial charge on any atom is -0.341 e. The number of hydrogen-bond donors (Lipinski definition) is 2. The molecule has 3 heterocycles. The van der Waals surface area contributed by atoms with Crippen molar-refractivity contribution in [2.24, 2.45) is 0 Å². The Kier molecular flexibility index (Phi) is 5.93. The number of rotatable bonds is 4. The Balaban J connectivity index is 1.32. The van der Waals surface area contributed by atoms with Gasteiger partial charge in [-0.1, -0.05) is 11.6 Å². The zero-order valence-electron chi connectivity index (χ0n) is 20.7. The van der Waals surface area contributed by atoms with Crippen molar-refractivity contribution >= 4 is 40.3 Å². The normalized spacial score (nSPS) is 18.1. The summed E-state index contributed by atoms with van der Waals surface area (Å²) in [5, 5.41) is 10.3. The molecule has 3 aromatic rings. The zero-order valence-corrected chi connectivity index (χ0v) is 20.7. The molecule has 5 amide bonds. The smallest absolute Gasteiger partial charge is 0.331 e. The lowest BCUT2D eigenvalue weighted by molar-refractivity contribution is -0.138. The summed E-state index contributed by atoms with van der Waals surface area (Å²) in [5.41, 5.74) is 0.880. The Labute approximate surface area is 212 Å². The Morgan fingerprint density at radius 2 is 1.86 bits per heavy atom. The number of anilines is 1. The first-order valence-electron chi connectivity index (χ1n) is 12.0. The van der Waals surface area contributed by atoms with Gasteiger partial charge in [0.2, 0.25) is 5.91 Å². The molecule has 0 unspecified atom stereocenters. The van der Waals surface area contributed by atoms with Crippen LogP contribution in [-0.4, -0.2) is 75.5 Å². The van der Waals surface area contributed by atoms with E-state index in [4.69, 9.17) is 0 Å². The maximum absolute atomic E-state index is 14.1. The number of aromatic nitrogens is 2. The third-order valence-electron chi connectivity index (χ3n) is 7.28. The Bertz CT molecular complexity index is 1430. The largest absolute Gasteiger partial charge is 0.341 e. The summed E-state index contributed by atoms with van der Waals surface area (Å²) in [6, 6.07) is 8.28. The number of carbonyl (C=O) groups is 4. The van der Waals surface area contributed by atoms with Gasteiger partial charge < -0.3 is 10.2 Å². The molecule has 1 aromatic heterocycles. The number of aryl methyl sites for hydroxylation is 1. The van der Waals surface area contributed by atoms with E-state index in [9.17, 15) is 23.6 Å². The molecule has 5 rings (SSSR count). The van der Waals surface area contributed by atoms with E-state index in [-0.39, 0.29) is 43.3 Å². The van der Waals surface area contributed by atoms with Gasteiger partial charge >= 0.3 is 6.03 Å². The zero-order chi connectivity index (χ0) is 26.5. The Morgan fingerprint density at radius 1 is 1.14 bits per heavy atom. The van der Waals surface area contributed by atoms with Crippen molar-refractivity contribution < 1.29 is 23.6 Å². The van der Waals surface area contributed by atoms with Crippen LogP contribution in [0.25, 0.3) is 10.9 Å². The number of aromatic amines is 1. The van der Waals surface area contributed by atoms with Crippen LogP contribution in [0.3, 0.4) is 0 Å². The summed E-state index contributed by atoms with van der Waals surface area (Å²) in [6.07, 6.45) is 2.13. The monoisotopic (exact) mass is 506 g/mol. The minimum atomic E-state index is -1.11. The molecule has 2 N–H and O–H groups in total. The van der Waals surface area contributed by atoms with E-state index in [0.29, 0.717) is 5.69 Å². The Morgan fingerprint density at radius 3 is 2.59 bits per heavy atom. The van der Waals surface area contributed by atoms with E-state index < -0.39 is 29.3 Å². The fraction of sp³-hybridized carbons (Fsp3) is 0.346. The van der Waals surface area contributed by atoms with E-state index in [1.54, 1.807) is 37.1 Å². The molecule has 1 atom stereocenters. The van der Waals surface area contributed by atoms with Gasteiger partial charge in [-0.2, -0.15) is 5.10 Å². The third-order valence-corrected chi connectivity index (χ3v) is 7.28. The van der Waals surface area contributed by atoms with Crippen LogP contribution in [0.4, 0.5) is 14.9 Å². The van der Waals surface area contributed by atoms with Gasteiger partial charge in [0.25, 0.3) is 11.8 Å². The first kappa shape index (κ1) is 24.4. The lowest BCUT2D eigenvalue weighted by Crippen LogP contribution is -2.59. The van der Waals surface area contributed by atoms with Gasteiger partial charge in [0, 0.05) is 31.2 Å². The summed E-state index contributed by atoms with van der Waals surface area (Å²) < 4.78 is 14.1. The number of nitrogens with one attached hydrogen (secondary N) is 2.